The van der Waals surface area contributed by atoms with Gasteiger partial charge in [0.15, 0.2) is 0 Å². The van der Waals surface area contributed by atoms with Crippen molar-refractivity contribution in [1.82, 2.24) is 4.98 Å². The zero-order chi connectivity index (χ0) is 8.67. The molecule has 1 N–H and O–H groups in total. The zero-order valence-corrected chi connectivity index (χ0v) is 7.77. The Morgan fingerprint density at radius 1 is 1.31 bits per heavy atom. The third-order valence-corrected chi connectivity index (χ3v) is 3.07. The van der Waals surface area contributed by atoms with E-state index in [9.17, 15) is 0 Å². The number of hydrogen-bond acceptors (Lipinski definition) is 3. The Morgan fingerprint density at radius 2 is 2.31 bits per heavy atom. The third kappa shape index (κ3) is 1.00. The van der Waals surface area contributed by atoms with Crippen LogP contribution in [0.25, 0.3) is 10.8 Å². The summed E-state index contributed by atoms with van der Waals surface area (Å²) in [6, 6.07) is 8.45. The van der Waals surface area contributed by atoms with Crippen molar-refractivity contribution in [1.29, 1.82) is 0 Å². The summed E-state index contributed by atoms with van der Waals surface area (Å²) in [5.74, 6) is 2.03. The van der Waals surface area contributed by atoms with E-state index in [1.165, 1.54) is 16.3 Å². The number of benzene rings is 1. The summed E-state index contributed by atoms with van der Waals surface area (Å²) in [6.45, 7) is 0. The number of anilines is 1. The molecule has 2 heterocycles. The quantitative estimate of drug-likeness (QED) is 0.643. The molecule has 0 spiro atoms. The second-order valence-corrected chi connectivity index (χ2v) is 3.85. The number of pyridine rings is 1. The van der Waals surface area contributed by atoms with Gasteiger partial charge in [-0.05, 0) is 29.0 Å². The van der Waals surface area contributed by atoms with Gasteiger partial charge in [0, 0.05) is 17.3 Å². The Bertz CT molecular complexity index is 429. The van der Waals surface area contributed by atoms with Crippen LogP contribution < -0.4 is 4.72 Å². The molecular weight excluding hydrogens is 180 g/mol. The van der Waals surface area contributed by atoms with Gasteiger partial charge >= 0.3 is 0 Å². The van der Waals surface area contributed by atoms with Gasteiger partial charge in [0.1, 0.15) is 5.82 Å². The molecule has 0 fully saturated rings. The van der Waals surface area contributed by atoms with Crippen LogP contribution >= 0.6 is 11.9 Å². The Labute approximate surface area is 80.5 Å². The zero-order valence-electron chi connectivity index (χ0n) is 6.95. The molecule has 3 heteroatoms. The lowest BCUT2D eigenvalue weighted by Gasteiger charge is -2.16. The van der Waals surface area contributed by atoms with Gasteiger partial charge in [-0.2, -0.15) is 0 Å². The third-order valence-electron chi connectivity index (χ3n) is 2.27. The van der Waals surface area contributed by atoms with Gasteiger partial charge in [-0.15, -0.1) is 0 Å². The van der Waals surface area contributed by atoms with E-state index in [2.05, 4.69) is 34.0 Å². The first-order valence-electron chi connectivity index (χ1n) is 4.19. The van der Waals surface area contributed by atoms with E-state index in [1.807, 2.05) is 6.20 Å². The minimum Gasteiger partial charge on any atom is -0.314 e. The van der Waals surface area contributed by atoms with Crippen molar-refractivity contribution in [3.8, 4) is 0 Å². The highest BCUT2D eigenvalue weighted by atomic mass is 32.2. The fraction of sp³-hybridized carbons (Fsp3) is 0.100. The molecule has 0 amide bonds. The average Bonchev–Trinajstić information content (AvgIpc) is 2.19. The Hall–Kier alpha value is -1.22. The highest BCUT2D eigenvalue weighted by Crippen LogP contribution is 2.33. The lowest BCUT2D eigenvalue weighted by atomic mass is 10.1. The van der Waals surface area contributed by atoms with Crippen LogP contribution in [0.3, 0.4) is 0 Å². The Morgan fingerprint density at radius 3 is 3.31 bits per heavy atom. The fourth-order valence-corrected chi connectivity index (χ4v) is 2.44. The molecule has 1 aliphatic heterocycles. The van der Waals surface area contributed by atoms with E-state index in [-0.39, 0.29) is 0 Å². The van der Waals surface area contributed by atoms with Crippen molar-refractivity contribution in [2.24, 2.45) is 0 Å². The molecule has 64 valence electrons. The standard InChI is InChI=1S/C10H8N2S/c1-2-7-4-5-11-10-9(7)8(3-1)6-13-12-10/h1-5H,6H2,(H,11,12). The van der Waals surface area contributed by atoms with Crippen LogP contribution in [0.2, 0.25) is 0 Å². The predicted octanol–water partition coefficient (Wildman–Crippen LogP) is 2.81. The SMILES string of the molecule is c1cc2c3c(nccc3c1)NSC2. The fourth-order valence-electron chi connectivity index (χ4n) is 1.68. The van der Waals surface area contributed by atoms with Gasteiger partial charge in [0.25, 0.3) is 0 Å². The summed E-state index contributed by atoms with van der Waals surface area (Å²) >= 11 is 1.70. The van der Waals surface area contributed by atoms with Crippen molar-refractivity contribution in [3.63, 3.8) is 0 Å². The lowest BCUT2D eigenvalue weighted by molar-refractivity contribution is 1.33. The van der Waals surface area contributed by atoms with Gasteiger partial charge in [0.2, 0.25) is 0 Å². The van der Waals surface area contributed by atoms with Gasteiger partial charge < -0.3 is 4.72 Å². The smallest absolute Gasteiger partial charge is 0.144 e. The number of rotatable bonds is 0. The molecular formula is C10H8N2S. The van der Waals surface area contributed by atoms with Crippen LogP contribution in [0.5, 0.6) is 0 Å². The number of nitrogens with zero attached hydrogens (tertiary/aromatic N) is 1. The predicted molar refractivity (Wildman–Crippen MR) is 56.7 cm³/mol. The molecule has 0 aliphatic carbocycles. The van der Waals surface area contributed by atoms with Crippen molar-refractivity contribution >= 4 is 28.5 Å². The minimum atomic E-state index is 1.00. The topological polar surface area (TPSA) is 24.9 Å². The summed E-state index contributed by atoms with van der Waals surface area (Å²) < 4.78 is 3.23. The van der Waals surface area contributed by atoms with Crippen molar-refractivity contribution in [3.05, 3.63) is 36.0 Å². The van der Waals surface area contributed by atoms with E-state index in [4.69, 9.17) is 0 Å². The summed E-state index contributed by atoms with van der Waals surface area (Å²) in [6.07, 6.45) is 1.85. The first-order valence-corrected chi connectivity index (χ1v) is 5.18. The van der Waals surface area contributed by atoms with Crippen molar-refractivity contribution in [2.45, 2.75) is 5.75 Å². The molecule has 0 saturated heterocycles. The van der Waals surface area contributed by atoms with E-state index < -0.39 is 0 Å². The van der Waals surface area contributed by atoms with E-state index in [1.54, 1.807) is 11.9 Å². The van der Waals surface area contributed by atoms with Crippen LogP contribution in [-0.4, -0.2) is 4.98 Å². The molecule has 1 aromatic heterocycles. The largest absolute Gasteiger partial charge is 0.314 e. The molecule has 0 atom stereocenters. The second kappa shape index (κ2) is 2.64. The molecule has 0 bridgehead atoms. The van der Waals surface area contributed by atoms with Crippen LogP contribution in [0.4, 0.5) is 5.82 Å². The normalized spacial score (nSPS) is 14.2. The maximum absolute atomic E-state index is 4.31. The molecule has 13 heavy (non-hydrogen) atoms. The monoisotopic (exact) mass is 188 g/mol. The second-order valence-electron chi connectivity index (χ2n) is 3.07. The lowest BCUT2D eigenvalue weighted by Crippen LogP contribution is -2.00. The molecule has 1 aliphatic rings. The minimum absolute atomic E-state index is 1.00. The van der Waals surface area contributed by atoms with E-state index in [0.717, 1.165) is 11.6 Å². The highest BCUT2D eigenvalue weighted by Gasteiger charge is 2.11. The van der Waals surface area contributed by atoms with Crippen LogP contribution in [0, 0.1) is 0 Å². The molecule has 2 aromatic rings. The number of hydrogen-bond donors (Lipinski definition) is 1. The van der Waals surface area contributed by atoms with Crippen LogP contribution in [-0.2, 0) is 5.75 Å². The highest BCUT2D eigenvalue weighted by molar-refractivity contribution is 7.99. The Kier molecular flexibility index (Phi) is 1.46. The Balaban J connectivity index is 2.49. The van der Waals surface area contributed by atoms with Crippen LogP contribution in [0.15, 0.2) is 30.5 Å². The maximum Gasteiger partial charge on any atom is 0.144 e. The van der Waals surface area contributed by atoms with Gasteiger partial charge in [-0.1, -0.05) is 18.2 Å². The van der Waals surface area contributed by atoms with Gasteiger partial charge in [0.05, 0.1) is 0 Å². The van der Waals surface area contributed by atoms with Crippen molar-refractivity contribution in [2.75, 3.05) is 4.72 Å². The van der Waals surface area contributed by atoms with Gasteiger partial charge in [-0.25, -0.2) is 4.98 Å². The first kappa shape index (κ1) is 7.21. The first-order chi connectivity index (χ1) is 6.45. The molecule has 1 aromatic carbocycles. The van der Waals surface area contributed by atoms with Gasteiger partial charge in [-0.3, -0.25) is 0 Å². The maximum atomic E-state index is 4.31. The molecule has 3 rings (SSSR count). The summed E-state index contributed by atoms with van der Waals surface area (Å²) in [5, 5.41) is 2.55. The summed E-state index contributed by atoms with van der Waals surface area (Å²) in [5.41, 5.74) is 1.38. The van der Waals surface area contributed by atoms with E-state index in [0.29, 0.717) is 0 Å². The average molecular weight is 188 g/mol. The number of aromatic nitrogens is 1. The molecule has 0 saturated carbocycles. The van der Waals surface area contributed by atoms with Crippen LogP contribution in [0.1, 0.15) is 5.56 Å². The summed E-state index contributed by atoms with van der Waals surface area (Å²) in [4.78, 5) is 4.31. The molecule has 0 unspecified atom stereocenters. The molecule has 2 nitrogen and oxygen atoms in total. The number of nitrogens with one attached hydrogen (secondary N) is 1. The summed E-state index contributed by atoms with van der Waals surface area (Å²) in [7, 11) is 0. The van der Waals surface area contributed by atoms with Crippen molar-refractivity contribution < 1.29 is 0 Å². The van der Waals surface area contributed by atoms with E-state index >= 15 is 0 Å². The molecule has 0 radical (unpaired) electrons.